The maximum absolute atomic E-state index is 4.38. The average Bonchev–Trinajstić information content (AvgIpc) is 3.23. The minimum Gasteiger partial charge on any atom is -0.0645 e. The third-order valence-electron chi connectivity index (χ3n) is 10.3. The lowest BCUT2D eigenvalue weighted by molar-refractivity contribution is 0.279. The average molecular weight is 410 g/mol. The maximum atomic E-state index is 4.38. The largest absolute Gasteiger partial charge is 0.0720 e. The van der Waals surface area contributed by atoms with Gasteiger partial charge in [0, 0.05) is 0 Å². The molecule has 0 saturated carbocycles. The van der Waals surface area contributed by atoms with Crippen LogP contribution >= 0.6 is 0 Å². The van der Waals surface area contributed by atoms with Crippen molar-refractivity contribution in [1.29, 1.82) is 0 Å². The van der Waals surface area contributed by atoms with E-state index in [0.717, 1.165) is 0 Å². The molecule has 29 heavy (non-hydrogen) atoms. The Morgan fingerprint density at radius 2 is 0.828 bits per heavy atom. The SMILES string of the molecule is CCC1(CC)CC(CC)(CC)c2c1cc1c(c2[Si])C(CC)(CC)CC1(CC)CC. The Kier molecular flexibility index (Phi) is 6.25. The van der Waals surface area contributed by atoms with Gasteiger partial charge < -0.3 is 0 Å². The quantitative estimate of drug-likeness (QED) is 0.389. The first-order valence-electron chi connectivity index (χ1n) is 12.7. The molecule has 0 saturated heterocycles. The molecule has 0 amide bonds. The predicted octanol–water partition coefficient (Wildman–Crippen LogP) is 7.52. The van der Waals surface area contributed by atoms with Gasteiger partial charge in [-0.2, -0.15) is 0 Å². The molecule has 0 nitrogen and oxygen atoms in total. The van der Waals surface area contributed by atoms with Gasteiger partial charge in [0.1, 0.15) is 0 Å². The summed E-state index contributed by atoms with van der Waals surface area (Å²) in [5, 5.41) is 1.51. The van der Waals surface area contributed by atoms with Crippen molar-refractivity contribution in [2.24, 2.45) is 0 Å². The zero-order chi connectivity index (χ0) is 21.7. The van der Waals surface area contributed by atoms with E-state index in [2.05, 4.69) is 71.7 Å². The second kappa shape index (κ2) is 7.85. The number of benzene rings is 1. The molecule has 0 fully saturated rings. The highest BCUT2D eigenvalue weighted by Crippen LogP contribution is 2.61. The molecule has 0 aliphatic heterocycles. The van der Waals surface area contributed by atoms with Crippen LogP contribution in [0.1, 0.15) is 142 Å². The summed E-state index contributed by atoms with van der Waals surface area (Å²) >= 11 is 0. The van der Waals surface area contributed by atoms with Gasteiger partial charge >= 0.3 is 0 Å². The Bertz CT molecular complexity index is 680. The molecule has 0 unspecified atom stereocenters. The first-order valence-corrected chi connectivity index (χ1v) is 13.2. The van der Waals surface area contributed by atoms with Crippen molar-refractivity contribution in [3.8, 4) is 0 Å². The topological polar surface area (TPSA) is 0 Å². The predicted molar refractivity (Wildman–Crippen MR) is 130 cm³/mol. The van der Waals surface area contributed by atoms with Crippen molar-refractivity contribution in [2.45, 2.75) is 141 Å². The summed E-state index contributed by atoms with van der Waals surface area (Å²) < 4.78 is 0. The Labute approximate surface area is 185 Å². The number of fused-ring (bicyclic) bond motifs is 2. The Morgan fingerprint density at radius 1 is 0.552 bits per heavy atom. The minimum atomic E-state index is 0.338. The van der Waals surface area contributed by atoms with E-state index in [4.69, 9.17) is 0 Å². The molecule has 0 bridgehead atoms. The summed E-state index contributed by atoms with van der Waals surface area (Å²) in [6.45, 7) is 19.5. The van der Waals surface area contributed by atoms with Crippen LogP contribution in [0.2, 0.25) is 0 Å². The molecule has 3 rings (SSSR count). The zero-order valence-electron chi connectivity index (χ0n) is 20.6. The van der Waals surface area contributed by atoms with E-state index >= 15 is 0 Å². The highest BCUT2D eigenvalue weighted by molar-refractivity contribution is 6.35. The van der Waals surface area contributed by atoms with Crippen LogP contribution in [0.5, 0.6) is 0 Å². The molecule has 0 N–H and O–H groups in total. The molecular formula is C28H45Si. The smallest absolute Gasteiger partial charge is 0.0645 e. The van der Waals surface area contributed by atoms with Gasteiger partial charge in [-0.1, -0.05) is 66.6 Å². The molecule has 2 aliphatic carbocycles. The summed E-state index contributed by atoms with van der Waals surface area (Å²) in [5.41, 5.74) is 8.22. The van der Waals surface area contributed by atoms with Gasteiger partial charge in [-0.3, -0.25) is 0 Å². The lowest BCUT2D eigenvalue weighted by Gasteiger charge is -2.35. The van der Waals surface area contributed by atoms with Crippen molar-refractivity contribution in [3.05, 3.63) is 28.3 Å². The van der Waals surface area contributed by atoms with E-state index in [1.165, 1.54) is 69.4 Å². The molecule has 1 aromatic carbocycles. The molecule has 3 radical (unpaired) electrons. The van der Waals surface area contributed by atoms with E-state index in [9.17, 15) is 0 Å². The van der Waals surface area contributed by atoms with E-state index in [-0.39, 0.29) is 0 Å². The fourth-order valence-electron chi connectivity index (χ4n) is 7.75. The van der Waals surface area contributed by atoms with Crippen molar-refractivity contribution < 1.29 is 0 Å². The molecule has 0 heterocycles. The maximum Gasteiger partial charge on any atom is 0.0720 e. The van der Waals surface area contributed by atoms with Crippen LogP contribution in [0, 0.1) is 0 Å². The van der Waals surface area contributed by atoms with Gasteiger partial charge in [0.2, 0.25) is 0 Å². The van der Waals surface area contributed by atoms with Gasteiger partial charge in [0.15, 0.2) is 0 Å². The van der Waals surface area contributed by atoms with Crippen LogP contribution in [0.25, 0.3) is 0 Å². The molecular weight excluding hydrogens is 364 g/mol. The highest BCUT2D eigenvalue weighted by Gasteiger charge is 2.55. The van der Waals surface area contributed by atoms with Crippen LogP contribution in [0.4, 0.5) is 0 Å². The van der Waals surface area contributed by atoms with Crippen LogP contribution < -0.4 is 5.19 Å². The molecule has 0 atom stereocenters. The van der Waals surface area contributed by atoms with Crippen molar-refractivity contribution in [3.63, 3.8) is 0 Å². The minimum absolute atomic E-state index is 0.338. The summed E-state index contributed by atoms with van der Waals surface area (Å²) in [4.78, 5) is 0. The van der Waals surface area contributed by atoms with Gasteiger partial charge in [-0.05, 0) is 108 Å². The third kappa shape index (κ3) is 2.81. The highest BCUT2D eigenvalue weighted by atomic mass is 28.1. The van der Waals surface area contributed by atoms with Crippen LogP contribution in [0.15, 0.2) is 6.07 Å². The third-order valence-corrected chi connectivity index (χ3v) is 10.8. The normalized spacial score (nSPS) is 22.5. The van der Waals surface area contributed by atoms with Crippen molar-refractivity contribution >= 4 is 15.4 Å². The summed E-state index contributed by atoms with van der Waals surface area (Å²) in [6.07, 6.45) is 12.8. The van der Waals surface area contributed by atoms with E-state index in [1.807, 2.05) is 0 Å². The van der Waals surface area contributed by atoms with Gasteiger partial charge in [-0.15, -0.1) is 0 Å². The van der Waals surface area contributed by atoms with Crippen LogP contribution in [-0.4, -0.2) is 10.2 Å². The number of hydrogen-bond donors (Lipinski definition) is 0. The number of hydrogen-bond acceptors (Lipinski definition) is 0. The fraction of sp³-hybridized carbons (Fsp3) is 0.786. The zero-order valence-corrected chi connectivity index (χ0v) is 21.6. The summed E-state index contributed by atoms with van der Waals surface area (Å²) in [6, 6.07) is 2.76. The molecule has 161 valence electrons. The molecule has 0 aromatic heterocycles. The Morgan fingerprint density at radius 3 is 1.07 bits per heavy atom. The molecule has 1 heteroatoms. The first kappa shape index (κ1) is 23.1. The number of rotatable bonds is 8. The lowest BCUT2D eigenvalue weighted by Crippen LogP contribution is -2.35. The van der Waals surface area contributed by atoms with Gasteiger partial charge in [0.05, 0.1) is 10.2 Å². The van der Waals surface area contributed by atoms with Crippen LogP contribution in [-0.2, 0) is 21.7 Å². The molecule has 2 aliphatic rings. The summed E-state index contributed by atoms with van der Waals surface area (Å²) in [5.74, 6) is 0. The first-order chi connectivity index (χ1) is 13.8. The molecule has 0 spiro atoms. The summed E-state index contributed by atoms with van der Waals surface area (Å²) in [7, 11) is 4.38. The van der Waals surface area contributed by atoms with E-state index in [0.29, 0.717) is 21.7 Å². The monoisotopic (exact) mass is 409 g/mol. The van der Waals surface area contributed by atoms with Crippen LogP contribution in [0.3, 0.4) is 0 Å². The second-order valence-corrected chi connectivity index (χ2v) is 10.9. The van der Waals surface area contributed by atoms with Gasteiger partial charge in [0.25, 0.3) is 0 Å². The standard InChI is InChI=1S/C28H45Si/c1-9-25(10-2)18-27(13-5,14-6)22-20(25)17-21-23(24(22)29)28(15-7,16-8)19-26(21,11-3)12-4/h17H,9-16,18-19H2,1-8H3. The van der Waals surface area contributed by atoms with Crippen molar-refractivity contribution in [2.75, 3.05) is 0 Å². The Hall–Kier alpha value is -0.563. The van der Waals surface area contributed by atoms with E-state index in [1.54, 1.807) is 22.3 Å². The van der Waals surface area contributed by atoms with Crippen molar-refractivity contribution in [1.82, 2.24) is 0 Å². The van der Waals surface area contributed by atoms with Gasteiger partial charge in [-0.25, -0.2) is 0 Å². The second-order valence-electron chi connectivity index (χ2n) is 10.4. The lowest BCUT2D eigenvalue weighted by atomic mass is 9.70. The van der Waals surface area contributed by atoms with E-state index < -0.39 is 0 Å². The molecule has 1 aromatic rings. The fourth-order valence-corrected chi connectivity index (χ4v) is 8.55. The Balaban J connectivity index is 2.46.